The third-order valence-corrected chi connectivity index (χ3v) is 6.41. The molecule has 1 atom stereocenters. The van der Waals surface area contributed by atoms with Gasteiger partial charge in [-0.3, -0.25) is 9.59 Å². The summed E-state index contributed by atoms with van der Waals surface area (Å²) < 4.78 is 6.01. The molecule has 1 aliphatic heterocycles. The van der Waals surface area contributed by atoms with Crippen molar-refractivity contribution in [2.75, 3.05) is 18.1 Å². The van der Waals surface area contributed by atoms with Crippen LogP contribution in [0.25, 0.3) is 0 Å². The zero-order valence-corrected chi connectivity index (χ0v) is 13.8. The minimum atomic E-state index is -0.766. The van der Waals surface area contributed by atoms with E-state index in [9.17, 15) is 9.59 Å². The molecular weight excluding hydrogens is 310 g/mol. The van der Waals surface area contributed by atoms with Gasteiger partial charge in [0, 0.05) is 18.1 Å². The standard InChI is InChI=1S/C14H23NO4S2/c16-12(15-7-9-21-20-8-3-13(17)18)10-11-2-6-14(19-11)4-1-5-14/h11H,1-10H2,(H,15,16)(H,17,18). The van der Waals surface area contributed by atoms with Gasteiger partial charge in [-0.05, 0) is 32.1 Å². The van der Waals surface area contributed by atoms with E-state index in [1.807, 2.05) is 0 Å². The first-order valence-electron chi connectivity index (χ1n) is 7.50. The summed E-state index contributed by atoms with van der Waals surface area (Å²) in [4.78, 5) is 22.1. The summed E-state index contributed by atoms with van der Waals surface area (Å²) in [6.45, 7) is 0.626. The topological polar surface area (TPSA) is 75.6 Å². The number of ether oxygens (including phenoxy) is 1. The van der Waals surface area contributed by atoms with E-state index in [1.165, 1.54) is 17.2 Å². The first-order valence-corrected chi connectivity index (χ1v) is 9.99. The lowest BCUT2D eigenvalue weighted by Crippen LogP contribution is -2.37. The molecule has 0 radical (unpaired) electrons. The number of aliphatic carboxylic acids is 1. The summed E-state index contributed by atoms with van der Waals surface area (Å²) in [5.41, 5.74) is 0.127. The third-order valence-electron chi connectivity index (χ3n) is 4.01. The van der Waals surface area contributed by atoms with Gasteiger partial charge in [0.15, 0.2) is 0 Å². The van der Waals surface area contributed by atoms with Gasteiger partial charge in [-0.15, -0.1) is 0 Å². The van der Waals surface area contributed by atoms with E-state index in [-0.39, 0.29) is 24.0 Å². The molecule has 1 unspecified atom stereocenters. The van der Waals surface area contributed by atoms with Crippen LogP contribution < -0.4 is 5.32 Å². The van der Waals surface area contributed by atoms with Crippen LogP contribution in [0.4, 0.5) is 0 Å². The van der Waals surface area contributed by atoms with E-state index in [4.69, 9.17) is 9.84 Å². The third kappa shape index (κ3) is 5.71. The Bertz CT molecular complexity index is 374. The van der Waals surface area contributed by atoms with Crippen molar-refractivity contribution in [2.45, 2.75) is 56.7 Å². The van der Waals surface area contributed by atoms with Gasteiger partial charge in [0.25, 0.3) is 0 Å². The minimum absolute atomic E-state index is 0.0625. The Hall–Kier alpha value is -0.400. The molecule has 7 heteroatoms. The molecular formula is C14H23NO4S2. The number of rotatable bonds is 9. The van der Waals surface area contributed by atoms with Gasteiger partial charge >= 0.3 is 5.97 Å². The number of amides is 1. The maximum atomic E-state index is 11.8. The molecule has 0 aromatic heterocycles. The van der Waals surface area contributed by atoms with Crippen molar-refractivity contribution in [3.8, 4) is 0 Å². The summed E-state index contributed by atoms with van der Waals surface area (Å²) in [6, 6.07) is 0. The molecule has 21 heavy (non-hydrogen) atoms. The van der Waals surface area contributed by atoms with Crippen LogP contribution in [-0.2, 0) is 14.3 Å². The first kappa shape index (κ1) is 17.0. The lowest BCUT2D eigenvalue weighted by molar-refractivity contribution is -0.136. The number of carbonyl (C=O) groups is 2. The molecule has 2 aliphatic rings. The van der Waals surface area contributed by atoms with Crippen LogP contribution in [0, 0.1) is 0 Å². The molecule has 1 amide bonds. The SMILES string of the molecule is O=C(O)CCSSCCNC(=O)CC1CCC2(CCC2)O1. The van der Waals surface area contributed by atoms with Gasteiger partial charge in [0.1, 0.15) is 0 Å². The van der Waals surface area contributed by atoms with E-state index < -0.39 is 5.97 Å². The number of hydrogen-bond acceptors (Lipinski definition) is 5. The second-order valence-electron chi connectivity index (χ2n) is 5.66. The fourth-order valence-corrected chi connectivity index (χ4v) is 4.62. The van der Waals surface area contributed by atoms with E-state index in [2.05, 4.69) is 5.32 Å². The molecule has 2 rings (SSSR count). The molecule has 5 nitrogen and oxygen atoms in total. The molecule has 2 fully saturated rings. The van der Waals surface area contributed by atoms with Gasteiger partial charge in [0.05, 0.1) is 24.5 Å². The largest absolute Gasteiger partial charge is 0.481 e. The van der Waals surface area contributed by atoms with Crippen molar-refractivity contribution in [1.29, 1.82) is 0 Å². The van der Waals surface area contributed by atoms with Gasteiger partial charge in [0.2, 0.25) is 5.91 Å². The van der Waals surface area contributed by atoms with Crippen LogP contribution in [0.3, 0.4) is 0 Å². The van der Waals surface area contributed by atoms with Crippen molar-refractivity contribution < 1.29 is 19.4 Å². The first-order chi connectivity index (χ1) is 10.1. The molecule has 1 heterocycles. The highest BCUT2D eigenvalue weighted by molar-refractivity contribution is 8.76. The lowest BCUT2D eigenvalue weighted by atomic mass is 9.78. The Kier molecular flexibility index (Phi) is 6.70. The number of hydrogen-bond donors (Lipinski definition) is 2. The highest BCUT2D eigenvalue weighted by atomic mass is 33.1. The molecule has 0 aromatic carbocycles. The van der Waals surface area contributed by atoms with Crippen LogP contribution in [0.1, 0.15) is 44.9 Å². The number of carbonyl (C=O) groups excluding carboxylic acids is 1. The zero-order chi connectivity index (χ0) is 15.1. The van der Waals surface area contributed by atoms with Crippen molar-refractivity contribution >= 4 is 33.5 Å². The van der Waals surface area contributed by atoms with Crippen molar-refractivity contribution in [3.63, 3.8) is 0 Å². The van der Waals surface area contributed by atoms with E-state index in [0.29, 0.717) is 18.7 Å². The summed E-state index contributed by atoms with van der Waals surface area (Å²) in [6.07, 6.45) is 6.46. The molecule has 2 N–H and O–H groups in total. The Morgan fingerprint density at radius 1 is 1.24 bits per heavy atom. The Balaban J connectivity index is 1.46. The van der Waals surface area contributed by atoms with Crippen LogP contribution in [0.15, 0.2) is 0 Å². The van der Waals surface area contributed by atoms with Crippen molar-refractivity contribution in [3.05, 3.63) is 0 Å². The van der Waals surface area contributed by atoms with Gasteiger partial charge in [-0.2, -0.15) is 0 Å². The Labute approximate surface area is 133 Å². The Morgan fingerprint density at radius 2 is 2.00 bits per heavy atom. The van der Waals surface area contributed by atoms with Crippen molar-refractivity contribution in [1.82, 2.24) is 5.32 Å². The van der Waals surface area contributed by atoms with Crippen LogP contribution in [-0.4, -0.2) is 46.7 Å². The Morgan fingerprint density at radius 3 is 2.62 bits per heavy atom. The molecule has 1 spiro atoms. The second-order valence-corrected chi connectivity index (χ2v) is 8.36. The monoisotopic (exact) mass is 333 g/mol. The predicted molar refractivity (Wildman–Crippen MR) is 85.5 cm³/mol. The maximum Gasteiger partial charge on any atom is 0.304 e. The van der Waals surface area contributed by atoms with E-state index in [1.54, 1.807) is 10.8 Å². The molecule has 120 valence electrons. The molecule has 0 bridgehead atoms. The smallest absolute Gasteiger partial charge is 0.304 e. The highest BCUT2D eigenvalue weighted by Crippen LogP contribution is 2.46. The minimum Gasteiger partial charge on any atom is -0.481 e. The van der Waals surface area contributed by atoms with E-state index >= 15 is 0 Å². The summed E-state index contributed by atoms with van der Waals surface area (Å²) >= 11 is 0. The summed E-state index contributed by atoms with van der Waals surface area (Å²) in [7, 11) is 3.14. The zero-order valence-electron chi connectivity index (χ0n) is 12.1. The second kappa shape index (κ2) is 8.29. The quantitative estimate of drug-likeness (QED) is 0.499. The van der Waals surface area contributed by atoms with Crippen LogP contribution in [0.2, 0.25) is 0 Å². The number of nitrogens with one attached hydrogen (secondary N) is 1. The van der Waals surface area contributed by atoms with Crippen molar-refractivity contribution in [2.24, 2.45) is 0 Å². The fraction of sp³-hybridized carbons (Fsp3) is 0.857. The van der Waals surface area contributed by atoms with E-state index in [0.717, 1.165) is 31.4 Å². The normalized spacial score (nSPS) is 23.0. The molecule has 1 saturated carbocycles. The number of carboxylic acids is 1. The summed E-state index contributed by atoms with van der Waals surface area (Å²) in [5, 5.41) is 11.4. The maximum absolute atomic E-state index is 11.8. The average molecular weight is 333 g/mol. The van der Waals surface area contributed by atoms with Crippen LogP contribution >= 0.6 is 21.6 Å². The average Bonchev–Trinajstić information content (AvgIpc) is 2.81. The highest BCUT2D eigenvalue weighted by Gasteiger charge is 2.44. The lowest BCUT2D eigenvalue weighted by Gasteiger charge is -2.37. The van der Waals surface area contributed by atoms with Gasteiger partial charge in [-0.25, -0.2) is 0 Å². The molecule has 0 aromatic rings. The predicted octanol–water partition coefficient (Wildman–Crippen LogP) is 2.45. The number of carboxylic acid groups (broad SMARTS) is 1. The van der Waals surface area contributed by atoms with Gasteiger partial charge in [-0.1, -0.05) is 21.6 Å². The van der Waals surface area contributed by atoms with Crippen LogP contribution in [0.5, 0.6) is 0 Å². The molecule has 1 saturated heterocycles. The van der Waals surface area contributed by atoms with Gasteiger partial charge < -0.3 is 15.2 Å². The fourth-order valence-electron chi connectivity index (χ4n) is 2.74. The summed E-state index contributed by atoms with van der Waals surface area (Å²) in [5.74, 6) is 0.696. The molecule has 1 aliphatic carbocycles.